The molecule has 1 heterocycles. The lowest BCUT2D eigenvalue weighted by atomic mass is 9.73. The smallest absolute Gasteiger partial charge is 0.124 e. The minimum Gasteiger partial charge on any atom is -0.493 e. The molecule has 1 N–H and O–H groups in total. The van der Waals surface area contributed by atoms with Gasteiger partial charge in [0.25, 0.3) is 0 Å². The van der Waals surface area contributed by atoms with Crippen molar-refractivity contribution in [1.29, 1.82) is 0 Å². The molecule has 0 atom stereocenters. The van der Waals surface area contributed by atoms with Gasteiger partial charge >= 0.3 is 0 Å². The third kappa shape index (κ3) is 3.01. The molecule has 20 heavy (non-hydrogen) atoms. The molecule has 1 aliphatic heterocycles. The minimum atomic E-state index is 0.372. The van der Waals surface area contributed by atoms with Gasteiger partial charge in [0, 0.05) is 17.5 Å². The molecule has 0 spiro atoms. The maximum Gasteiger partial charge on any atom is 0.124 e. The van der Waals surface area contributed by atoms with Crippen molar-refractivity contribution in [3.63, 3.8) is 0 Å². The summed E-state index contributed by atoms with van der Waals surface area (Å²) < 4.78 is 6.24. The average Bonchev–Trinajstić information content (AvgIpc) is 2.49. The first kappa shape index (κ1) is 13.9. The van der Waals surface area contributed by atoms with Crippen LogP contribution in [0.5, 0.6) is 5.75 Å². The quantitative estimate of drug-likeness (QED) is 0.901. The maximum atomic E-state index is 6.24. The Bertz CT molecular complexity index is 460. The van der Waals surface area contributed by atoms with E-state index in [1.807, 2.05) is 0 Å². The number of fused-ring (bicyclic) bond motifs is 1. The molecule has 110 valence electrons. The van der Waals surface area contributed by atoms with Gasteiger partial charge in [-0.15, -0.1) is 0 Å². The van der Waals surface area contributed by atoms with Crippen molar-refractivity contribution in [2.75, 3.05) is 13.2 Å². The van der Waals surface area contributed by atoms with Crippen molar-refractivity contribution in [3.05, 3.63) is 29.3 Å². The summed E-state index contributed by atoms with van der Waals surface area (Å²) in [5, 5.41) is 3.45. The third-order valence-electron chi connectivity index (χ3n) is 5.16. The summed E-state index contributed by atoms with van der Waals surface area (Å²) in [6.07, 6.45) is 6.45. The number of ether oxygens (including phenoxy) is 1. The lowest BCUT2D eigenvalue weighted by molar-refractivity contribution is 0.0973. The molecule has 1 fully saturated rings. The molecule has 2 nitrogen and oxygen atoms in total. The van der Waals surface area contributed by atoms with Crippen LogP contribution in [-0.2, 0) is 13.0 Å². The topological polar surface area (TPSA) is 21.3 Å². The zero-order valence-electron chi connectivity index (χ0n) is 12.9. The molecule has 0 bridgehead atoms. The number of benzene rings is 1. The summed E-state index contributed by atoms with van der Waals surface area (Å²) in [5.41, 5.74) is 3.22. The zero-order valence-corrected chi connectivity index (χ0v) is 12.9. The van der Waals surface area contributed by atoms with Crippen LogP contribution in [0.25, 0.3) is 0 Å². The van der Waals surface area contributed by atoms with Gasteiger partial charge in [-0.3, -0.25) is 0 Å². The van der Waals surface area contributed by atoms with Gasteiger partial charge in [-0.1, -0.05) is 38.8 Å². The van der Waals surface area contributed by atoms with Crippen molar-refractivity contribution in [1.82, 2.24) is 5.32 Å². The van der Waals surface area contributed by atoms with Crippen molar-refractivity contribution in [2.45, 2.75) is 52.5 Å². The Hall–Kier alpha value is -1.02. The Morgan fingerprint density at radius 3 is 2.90 bits per heavy atom. The number of rotatable bonds is 3. The molecule has 1 aromatic rings. The standard InChI is InChI=1S/C18H27NO/c1-14-6-9-18(2,10-7-14)13-20-17-5-3-4-15-8-11-19-12-16(15)17/h3-5,14,19H,6-13H2,1-2H3. The van der Waals surface area contributed by atoms with Gasteiger partial charge in [-0.05, 0) is 43.4 Å². The van der Waals surface area contributed by atoms with Gasteiger partial charge < -0.3 is 10.1 Å². The van der Waals surface area contributed by atoms with Crippen LogP contribution in [0.4, 0.5) is 0 Å². The summed E-state index contributed by atoms with van der Waals surface area (Å²) in [5.74, 6) is 2.01. The van der Waals surface area contributed by atoms with Crippen molar-refractivity contribution in [3.8, 4) is 5.75 Å². The normalized spacial score (nSPS) is 29.8. The second-order valence-corrected chi connectivity index (χ2v) is 7.10. The number of hydrogen-bond donors (Lipinski definition) is 1. The summed E-state index contributed by atoms with van der Waals surface area (Å²) in [7, 11) is 0. The Balaban J connectivity index is 1.66. The van der Waals surface area contributed by atoms with E-state index in [9.17, 15) is 0 Å². The molecule has 1 aliphatic carbocycles. The Morgan fingerprint density at radius 2 is 2.10 bits per heavy atom. The number of nitrogens with one attached hydrogen (secondary N) is 1. The van der Waals surface area contributed by atoms with Crippen LogP contribution in [0.1, 0.15) is 50.7 Å². The van der Waals surface area contributed by atoms with Crippen LogP contribution < -0.4 is 10.1 Å². The SMILES string of the molecule is CC1CCC(C)(COc2cccc3c2CNCC3)CC1. The van der Waals surface area contributed by atoms with E-state index in [1.165, 1.54) is 36.8 Å². The van der Waals surface area contributed by atoms with Gasteiger partial charge in [0.2, 0.25) is 0 Å². The second-order valence-electron chi connectivity index (χ2n) is 7.10. The molecule has 1 aromatic carbocycles. The Labute approximate surface area is 122 Å². The van der Waals surface area contributed by atoms with Gasteiger partial charge in [0.1, 0.15) is 5.75 Å². The van der Waals surface area contributed by atoms with E-state index < -0.39 is 0 Å². The van der Waals surface area contributed by atoms with Gasteiger partial charge in [0.15, 0.2) is 0 Å². The fraction of sp³-hybridized carbons (Fsp3) is 0.667. The van der Waals surface area contributed by atoms with E-state index in [0.717, 1.165) is 37.8 Å². The third-order valence-corrected chi connectivity index (χ3v) is 5.16. The van der Waals surface area contributed by atoms with Crippen LogP contribution in [0.15, 0.2) is 18.2 Å². The van der Waals surface area contributed by atoms with Crippen molar-refractivity contribution < 1.29 is 4.74 Å². The highest BCUT2D eigenvalue weighted by molar-refractivity contribution is 5.41. The van der Waals surface area contributed by atoms with Gasteiger partial charge in [0.05, 0.1) is 6.61 Å². The molecule has 0 aromatic heterocycles. The van der Waals surface area contributed by atoms with Crippen LogP contribution >= 0.6 is 0 Å². The van der Waals surface area contributed by atoms with Gasteiger partial charge in [-0.2, -0.15) is 0 Å². The van der Waals surface area contributed by atoms with E-state index in [1.54, 1.807) is 0 Å². The van der Waals surface area contributed by atoms with Crippen LogP contribution in [-0.4, -0.2) is 13.2 Å². The molecule has 0 radical (unpaired) electrons. The van der Waals surface area contributed by atoms with Crippen LogP contribution in [0, 0.1) is 11.3 Å². The molecule has 1 saturated carbocycles. The highest BCUT2D eigenvalue weighted by Gasteiger charge is 2.30. The lowest BCUT2D eigenvalue weighted by Crippen LogP contribution is -2.30. The summed E-state index contributed by atoms with van der Waals surface area (Å²) >= 11 is 0. The Kier molecular flexibility index (Phi) is 4.02. The highest BCUT2D eigenvalue weighted by Crippen LogP contribution is 2.39. The molecule has 2 heteroatoms. The predicted molar refractivity (Wildman–Crippen MR) is 83.1 cm³/mol. The molecular weight excluding hydrogens is 246 g/mol. The zero-order chi connectivity index (χ0) is 14.0. The lowest BCUT2D eigenvalue weighted by Gasteiger charge is -2.36. The van der Waals surface area contributed by atoms with Crippen molar-refractivity contribution >= 4 is 0 Å². The van der Waals surface area contributed by atoms with E-state index in [-0.39, 0.29) is 0 Å². The van der Waals surface area contributed by atoms with Crippen LogP contribution in [0.3, 0.4) is 0 Å². The van der Waals surface area contributed by atoms with E-state index >= 15 is 0 Å². The summed E-state index contributed by atoms with van der Waals surface area (Å²) in [6.45, 7) is 7.69. The molecule has 3 rings (SSSR count). The molecule has 0 unspecified atom stereocenters. The second kappa shape index (κ2) is 5.77. The monoisotopic (exact) mass is 273 g/mol. The molecule has 0 saturated heterocycles. The molecule has 2 aliphatic rings. The van der Waals surface area contributed by atoms with Crippen LogP contribution in [0.2, 0.25) is 0 Å². The largest absolute Gasteiger partial charge is 0.493 e. The van der Waals surface area contributed by atoms with E-state index in [4.69, 9.17) is 4.74 Å². The van der Waals surface area contributed by atoms with E-state index in [0.29, 0.717) is 5.41 Å². The predicted octanol–water partition coefficient (Wildman–Crippen LogP) is 3.93. The van der Waals surface area contributed by atoms with Crippen molar-refractivity contribution in [2.24, 2.45) is 11.3 Å². The summed E-state index contributed by atoms with van der Waals surface area (Å²) in [4.78, 5) is 0. The fourth-order valence-electron chi connectivity index (χ4n) is 3.47. The van der Waals surface area contributed by atoms with Gasteiger partial charge in [-0.25, -0.2) is 0 Å². The molecule has 0 amide bonds. The fourth-order valence-corrected chi connectivity index (χ4v) is 3.47. The van der Waals surface area contributed by atoms with E-state index in [2.05, 4.69) is 37.4 Å². The average molecular weight is 273 g/mol. The first-order valence-electron chi connectivity index (χ1n) is 8.11. The first-order chi connectivity index (χ1) is 9.66. The Morgan fingerprint density at radius 1 is 1.30 bits per heavy atom. The summed E-state index contributed by atoms with van der Waals surface area (Å²) in [6, 6.07) is 6.53. The highest BCUT2D eigenvalue weighted by atomic mass is 16.5. The molecular formula is C18H27NO. The maximum absolute atomic E-state index is 6.24. The number of hydrogen-bond acceptors (Lipinski definition) is 2. The minimum absolute atomic E-state index is 0.372. The first-order valence-corrected chi connectivity index (χ1v) is 8.11.